The van der Waals surface area contributed by atoms with E-state index in [1.54, 1.807) is 43.4 Å². The Kier molecular flexibility index (Phi) is 4.38. The first-order valence-electron chi connectivity index (χ1n) is 9.13. The summed E-state index contributed by atoms with van der Waals surface area (Å²) in [5.41, 5.74) is 0.440. The van der Waals surface area contributed by atoms with Gasteiger partial charge in [-0.3, -0.25) is 19.3 Å². The van der Waals surface area contributed by atoms with Crippen molar-refractivity contribution >= 4 is 35.0 Å². The summed E-state index contributed by atoms with van der Waals surface area (Å²) in [5.74, 6) is -0.803. The van der Waals surface area contributed by atoms with Gasteiger partial charge in [0.05, 0.1) is 17.3 Å². The van der Waals surface area contributed by atoms with E-state index in [9.17, 15) is 14.4 Å². The Morgan fingerprint density at radius 3 is 2.54 bits per heavy atom. The van der Waals surface area contributed by atoms with Crippen LogP contribution in [-0.4, -0.2) is 35.3 Å². The second kappa shape index (κ2) is 6.63. The lowest BCUT2D eigenvalue weighted by Crippen LogP contribution is -2.69. The van der Waals surface area contributed by atoms with E-state index in [2.05, 4.69) is 5.32 Å². The van der Waals surface area contributed by atoms with Gasteiger partial charge in [0, 0.05) is 24.9 Å². The van der Waals surface area contributed by atoms with Crippen LogP contribution in [0.5, 0.6) is 0 Å². The number of fused-ring (bicyclic) bond motifs is 3. The van der Waals surface area contributed by atoms with Crippen molar-refractivity contribution in [2.75, 3.05) is 11.9 Å². The predicted octanol–water partition coefficient (Wildman–Crippen LogP) is 3.13. The predicted molar refractivity (Wildman–Crippen MR) is 106 cm³/mol. The summed E-state index contributed by atoms with van der Waals surface area (Å²) < 4.78 is 0. The Hall–Kier alpha value is -2.86. The summed E-state index contributed by atoms with van der Waals surface area (Å²) in [6, 6.07) is 13.8. The SMILES string of the molecule is C[C@H](NC(=O)[C@]12CCC(=O)N1c1ccccc1C(=O)N2C)c1ccc(Cl)cc1. The highest BCUT2D eigenvalue weighted by atomic mass is 35.5. The lowest BCUT2D eigenvalue weighted by molar-refractivity contribution is -0.133. The maximum Gasteiger partial charge on any atom is 0.267 e. The number of carbonyl (C=O) groups is 3. The number of carbonyl (C=O) groups excluding carboxylic acids is 3. The zero-order valence-electron chi connectivity index (χ0n) is 15.6. The molecule has 2 heterocycles. The van der Waals surface area contributed by atoms with Gasteiger partial charge in [0.2, 0.25) is 11.6 Å². The highest BCUT2D eigenvalue weighted by molar-refractivity contribution is 6.30. The Labute approximate surface area is 168 Å². The first-order chi connectivity index (χ1) is 13.4. The largest absolute Gasteiger partial charge is 0.346 e. The normalized spacial score (nSPS) is 22.0. The highest BCUT2D eigenvalue weighted by Crippen LogP contribution is 2.44. The van der Waals surface area contributed by atoms with Gasteiger partial charge in [-0.15, -0.1) is 0 Å². The van der Waals surface area contributed by atoms with E-state index in [1.807, 2.05) is 19.1 Å². The molecule has 1 fully saturated rings. The van der Waals surface area contributed by atoms with E-state index in [0.717, 1.165) is 5.56 Å². The molecule has 0 saturated carbocycles. The number of rotatable bonds is 3. The fraction of sp³-hybridized carbons (Fsp3) is 0.286. The number of hydrogen-bond donors (Lipinski definition) is 1. The molecular weight excluding hydrogens is 378 g/mol. The summed E-state index contributed by atoms with van der Waals surface area (Å²) in [4.78, 5) is 42.0. The molecule has 0 aromatic heterocycles. The molecular formula is C21H20ClN3O3. The lowest BCUT2D eigenvalue weighted by Gasteiger charge is -2.47. The van der Waals surface area contributed by atoms with Crippen molar-refractivity contribution in [2.24, 2.45) is 0 Å². The van der Waals surface area contributed by atoms with Gasteiger partial charge in [-0.2, -0.15) is 0 Å². The molecule has 2 aliphatic heterocycles. The van der Waals surface area contributed by atoms with Crippen LogP contribution in [-0.2, 0) is 9.59 Å². The maximum atomic E-state index is 13.4. The van der Waals surface area contributed by atoms with Crippen LogP contribution in [0.4, 0.5) is 5.69 Å². The minimum Gasteiger partial charge on any atom is -0.346 e. The van der Waals surface area contributed by atoms with Crippen LogP contribution in [0.3, 0.4) is 0 Å². The van der Waals surface area contributed by atoms with Gasteiger partial charge in [0.15, 0.2) is 0 Å². The van der Waals surface area contributed by atoms with Gasteiger partial charge in [0.1, 0.15) is 0 Å². The van der Waals surface area contributed by atoms with Gasteiger partial charge in [-0.05, 0) is 36.8 Å². The summed E-state index contributed by atoms with van der Waals surface area (Å²) in [6.45, 7) is 1.86. The minimum atomic E-state index is -1.36. The number of nitrogens with zero attached hydrogens (tertiary/aromatic N) is 2. The minimum absolute atomic E-state index is 0.166. The molecule has 3 amide bonds. The van der Waals surface area contributed by atoms with Gasteiger partial charge < -0.3 is 10.2 Å². The lowest BCUT2D eigenvalue weighted by atomic mass is 9.95. The zero-order chi connectivity index (χ0) is 20.1. The average molecular weight is 398 g/mol. The molecule has 2 aromatic rings. The molecule has 4 rings (SSSR count). The number of halogens is 1. The third-order valence-corrected chi connectivity index (χ3v) is 5.87. The van der Waals surface area contributed by atoms with Crippen molar-refractivity contribution in [3.8, 4) is 0 Å². The highest BCUT2D eigenvalue weighted by Gasteiger charge is 2.59. The molecule has 7 heteroatoms. The second-order valence-electron chi connectivity index (χ2n) is 7.17. The molecule has 2 aliphatic rings. The van der Waals surface area contributed by atoms with Crippen LogP contribution in [0.15, 0.2) is 48.5 Å². The van der Waals surface area contributed by atoms with E-state index in [-0.39, 0.29) is 36.6 Å². The van der Waals surface area contributed by atoms with E-state index < -0.39 is 5.66 Å². The number of likely N-dealkylation sites (N-methyl/N-ethyl adjacent to an activating group) is 1. The van der Waals surface area contributed by atoms with Gasteiger partial charge in [0.25, 0.3) is 11.8 Å². The smallest absolute Gasteiger partial charge is 0.267 e. The second-order valence-corrected chi connectivity index (χ2v) is 7.61. The summed E-state index contributed by atoms with van der Waals surface area (Å²) in [5, 5.41) is 3.59. The summed E-state index contributed by atoms with van der Waals surface area (Å²) in [6.07, 6.45) is 0.455. The molecule has 2 aromatic carbocycles. The molecule has 0 unspecified atom stereocenters. The van der Waals surface area contributed by atoms with Crippen molar-refractivity contribution < 1.29 is 14.4 Å². The summed E-state index contributed by atoms with van der Waals surface area (Å²) >= 11 is 5.94. The average Bonchev–Trinajstić information content (AvgIpc) is 3.05. The van der Waals surface area contributed by atoms with Crippen molar-refractivity contribution in [3.63, 3.8) is 0 Å². The Morgan fingerprint density at radius 1 is 1.14 bits per heavy atom. The first-order valence-corrected chi connectivity index (χ1v) is 9.51. The van der Waals surface area contributed by atoms with Crippen LogP contribution in [0.2, 0.25) is 5.02 Å². The number of amides is 3. The van der Waals surface area contributed by atoms with Crippen molar-refractivity contribution in [1.82, 2.24) is 10.2 Å². The number of hydrogen-bond acceptors (Lipinski definition) is 3. The van der Waals surface area contributed by atoms with Crippen LogP contribution >= 0.6 is 11.6 Å². The molecule has 0 radical (unpaired) electrons. The van der Waals surface area contributed by atoms with Crippen molar-refractivity contribution in [1.29, 1.82) is 0 Å². The van der Waals surface area contributed by atoms with E-state index in [0.29, 0.717) is 16.3 Å². The number of para-hydroxylation sites is 1. The molecule has 2 atom stereocenters. The van der Waals surface area contributed by atoms with Gasteiger partial charge >= 0.3 is 0 Å². The van der Waals surface area contributed by atoms with Crippen LogP contribution in [0.1, 0.15) is 41.7 Å². The fourth-order valence-corrected chi connectivity index (χ4v) is 4.20. The van der Waals surface area contributed by atoms with Crippen molar-refractivity contribution in [3.05, 3.63) is 64.7 Å². The molecule has 28 heavy (non-hydrogen) atoms. The molecule has 1 N–H and O–H groups in total. The molecule has 144 valence electrons. The molecule has 0 spiro atoms. The van der Waals surface area contributed by atoms with Crippen LogP contribution < -0.4 is 10.2 Å². The van der Waals surface area contributed by atoms with E-state index in [4.69, 9.17) is 11.6 Å². The monoisotopic (exact) mass is 397 g/mol. The molecule has 0 bridgehead atoms. The molecule has 0 aliphatic carbocycles. The molecule has 6 nitrogen and oxygen atoms in total. The molecule has 1 saturated heterocycles. The third-order valence-electron chi connectivity index (χ3n) is 5.62. The van der Waals surface area contributed by atoms with Crippen LogP contribution in [0, 0.1) is 0 Å². The maximum absolute atomic E-state index is 13.4. The fourth-order valence-electron chi connectivity index (χ4n) is 4.08. The first kappa shape index (κ1) is 18.5. The number of nitrogens with one attached hydrogen (secondary N) is 1. The Bertz CT molecular complexity index is 975. The zero-order valence-corrected chi connectivity index (χ0v) is 16.4. The van der Waals surface area contributed by atoms with E-state index >= 15 is 0 Å². The topological polar surface area (TPSA) is 69.7 Å². The Morgan fingerprint density at radius 2 is 1.82 bits per heavy atom. The third kappa shape index (κ3) is 2.59. The van der Waals surface area contributed by atoms with Gasteiger partial charge in [-0.1, -0.05) is 35.9 Å². The Balaban J connectivity index is 1.72. The number of anilines is 1. The number of benzene rings is 2. The quantitative estimate of drug-likeness (QED) is 0.865. The summed E-state index contributed by atoms with van der Waals surface area (Å²) in [7, 11) is 1.58. The van der Waals surface area contributed by atoms with Crippen LogP contribution in [0.25, 0.3) is 0 Å². The van der Waals surface area contributed by atoms with E-state index in [1.165, 1.54) is 9.80 Å². The van der Waals surface area contributed by atoms with Gasteiger partial charge in [-0.25, -0.2) is 0 Å². The van der Waals surface area contributed by atoms with Crippen molar-refractivity contribution in [2.45, 2.75) is 31.5 Å². The standard InChI is InChI=1S/C21H20ClN3O3/c1-13(14-7-9-15(22)10-8-14)23-20(28)21-12-11-18(26)25(21)17-6-4-3-5-16(17)19(27)24(21)2/h3-10,13H,11-12H2,1-2H3,(H,23,28)/t13-,21-/m0/s1.